The molecule has 0 spiro atoms. The molecular formula is C23H27N5O4. The number of carbonyl (C=O) groups is 2. The largest absolute Gasteiger partial charge is 0.497 e. The van der Waals surface area contributed by atoms with E-state index in [-0.39, 0.29) is 11.5 Å². The first-order valence-electron chi connectivity index (χ1n) is 10.3. The van der Waals surface area contributed by atoms with Crippen molar-refractivity contribution in [2.45, 2.75) is 33.4 Å². The van der Waals surface area contributed by atoms with Crippen LogP contribution < -0.4 is 15.0 Å². The van der Waals surface area contributed by atoms with Gasteiger partial charge in [0.05, 0.1) is 36.9 Å². The SMILES string of the molecule is CCCn1nc(C)cc1CN(C)c1ncc(NC(=O)c2ccc(OC)cc2)cc1C(=O)O. The van der Waals surface area contributed by atoms with Crippen molar-refractivity contribution in [3.8, 4) is 5.75 Å². The molecule has 9 heteroatoms. The van der Waals surface area contributed by atoms with E-state index in [1.54, 1.807) is 43.3 Å². The highest BCUT2D eigenvalue weighted by atomic mass is 16.5. The first-order chi connectivity index (χ1) is 15.3. The fraction of sp³-hybridized carbons (Fsp3) is 0.304. The number of ether oxygens (including phenoxy) is 1. The Morgan fingerprint density at radius 3 is 2.56 bits per heavy atom. The molecule has 32 heavy (non-hydrogen) atoms. The zero-order valence-corrected chi connectivity index (χ0v) is 18.6. The molecule has 2 heterocycles. The second-order valence-corrected chi connectivity index (χ2v) is 7.44. The highest BCUT2D eigenvalue weighted by Gasteiger charge is 2.19. The monoisotopic (exact) mass is 437 g/mol. The number of aromatic carboxylic acids is 1. The summed E-state index contributed by atoms with van der Waals surface area (Å²) in [6, 6.07) is 10.0. The number of pyridine rings is 1. The van der Waals surface area contributed by atoms with Crippen LogP contribution in [0.25, 0.3) is 0 Å². The third kappa shape index (κ3) is 5.23. The standard InChI is InChI=1S/C23H27N5O4/c1-5-10-28-18(11-15(2)26-28)14-27(3)21-20(23(30)31)12-17(13-24-21)25-22(29)16-6-8-19(32-4)9-7-16/h6-9,11-13H,5,10,14H2,1-4H3,(H,25,29)(H,30,31). The van der Waals surface area contributed by atoms with Crippen molar-refractivity contribution in [1.29, 1.82) is 0 Å². The Morgan fingerprint density at radius 1 is 1.22 bits per heavy atom. The molecule has 3 rings (SSSR count). The van der Waals surface area contributed by atoms with E-state index in [9.17, 15) is 14.7 Å². The number of rotatable bonds is 9. The van der Waals surface area contributed by atoms with Crippen molar-refractivity contribution < 1.29 is 19.4 Å². The molecule has 0 saturated carbocycles. The smallest absolute Gasteiger partial charge is 0.339 e. The van der Waals surface area contributed by atoms with Gasteiger partial charge in [-0.3, -0.25) is 9.48 Å². The second-order valence-electron chi connectivity index (χ2n) is 7.44. The van der Waals surface area contributed by atoms with Crippen LogP contribution in [0.5, 0.6) is 5.75 Å². The maximum absolute atomic E-state index is 12.5. The van der Waals surface area contributed by atoms with Gasteiger partial charge in [-0.25, -0.2) is 9.78 Å². The Kier molecular flexibility index (Phi) is 7.09. The lowest BCUT2D eigenvalue weighted by Crippen LogP contribution is -2.23. The number of carboxylic acids is 1. The topological polar surface area (TPSA) is 110 Å². The average molecular weight is 438 g/mol. The van der Waals surface area contributed by atoms with Crippen molar-refractivity contribution in [2.75, 3.05) is 24.4 Å². The number of nitrogens with one attached hydrogen (secondary N) is 1. The highest BCUT2D eigenvalue weighted by Crippen LogP contribution is 2.23. The number of hydrogen-bond donors (Lipinski definition) is 2. The van der Waals surface area contributed by atoms with E-state index in [0.717, 1.165) is 24.4 Å². The van der Waals surface area contributed by atoms with Gasteiger partial charge in [0.25, 0.3) is 5.91 Å². The summed E-state index contributed by atoms with van der Waals surface area (Å²) in [7, 11) is 3.33. The Balaban J connectivity index is 1.81. The number of nitrogens with zero attached hydrogens (tertiary/aromatic N) is 4. The van der Waals surface area contributed by atoms with Crippen LogP contribution in [-0.2, 0) is 13.1 Å². The molecule has 0 unspecified atom stereocenters. The van der Waals surface area contributed by atoms with Crippen molar-refractivity contribution in [3.63, 3.8) is 0 Å². The lowest BCUT2D eigenvalue weighted by atomic mass is 10.2. The van der Waals surface area contributed by atoms with Gasteiger partial charge in [-0.1, -0.05) is 6.92 Å². The molecule has 0 atom stereocenters. The van der Waals surface area contributed by atoms with Crippen molar-refractivity contribution >= 4 is 23.4 Å². The summed E-state index contributed by atoms with van der Waals surface area (Å²) in [5.41, 5.74) is 2.60. The van der Waals surface area contributed by atoms with Gasteiger partial charge >= 0.3 is 5.97 Å². The number of carbonyl (C=O) groups excluding carboxylic acids is 1. The van der Waals surface area contributed by atoms with Crippen LogP contribution in [0.15, 0.2) is 42.6 Å². The molecule has 0 aliphatic heterocycles. The molecule has 168 valence electrons. The van der Waals surface area contributed by atoms with Crippen LogP contribution >= 0.6 is 0 Å². The van der Waals surface area contributed by atoms with E-state index in [2.05, 4.69) is 22.3 Å². The van der Waals surface area contributed by atoms with Crippen LogP contribution in [0, 0.1) is 6.92 Å². The average Bonchev–Trinajstić information content (AvgIpc) is 3.12. The first-order valence-corrected chi connectivity index (χ1v) is 10.3. The summed E-state index contributed by atoms with van der Waals surface area (Å²) in [5, 5.41) is 16.9. The molecule has 0 bridgehead atoms. The number of aryl methyl sites for hydroxylation is 2. The van der Waals surface area contributed by atoms with Gasteiger partial charge in [-0.2, -0.15) is 5.10 Å². The third-order valence-corrected chi connectivity index (χ3v) is 4.89. The lowest BCUT2D eigenvalue weighted by Gasteiger charge is -2.21. The summed E-state index contributed by atoms with van der Waals surface area (Å²) in [5.74, 6) is -0.551. The number of amides is 1. The van der Waals surface area contributed by atoms with Crippen LogP contribution in [0.4, 0.5) is 11.5 Å². The number of benzene rings is 1. The van der Waals surface area contributed by atoms with Crippen molar-refractivity contribution in [1.82, 2.24) is 14.8 Å². The van der Waals surface area contributed by atoms with Gasteiger partial charge in [0.2, 0.25) is 0 Å². The molecule has 0 radical (unpaired) electrons. The maximum Gasteiger partial charge on any atom is 0.339 e. The molecule has 0 aliphatic carbocycles. The van der Waals surface area contributed by atoms with Crippen LogP contribution in [-0.4, -0.2) is 45.9 Å². The fourth-order valence-electron chi connectivity index (χ4n) is 3.38. The van der Waals surface area contributed by atoms with Crippen molar-refractivity contribution in [3.05, 3.63) is 65.1 Å². The zero-order valence-electron chi connectivity index (χ0n) is 18.6. The van der Waals surface area contributed by atoms with E-state index < -0.39 is 5.97 Å². The molecular weight excluding hydrogens is 410 g/mol. The third-order valence-electron chi connectivity index (χ3n) is 4.89. The molecule has 3 aromatic rings. The van der Waals surface area contributed by atoms with Gasteiger partial charge < -0.3 is 20.1 Å². The number of anilines is 2. The number of aromatic nitrogens is 3. The summed E-state index contributed by atoms with van der Waals surface area (Å²) in [6.07, 6.45) is 2.40. The van der Waals surface area contributed by atoms with Gasteiger partial charge in [0, 0.05) is 19.2 Å². The van der Waals surface area contributed by atoms with E-state index >= 15 is 0 Å². The Bertz CT molecular complexity index is 1110. The molecule has 2 aromatic heterocycles. The van der Waals surface area contributed by atoms with Gasteiger partial charge in [0.15, 0.2) is 0 Å². The molecule has 0 fully saturated rings. The molecule has 0 aliphatic rings. The Hall–Kier alpha value is -3.88. The predicted octanol–water partition coefficient (Wildman–Crippen LogP) is 3.59. The van der Waals surface area contributed by atoms with Gasteiger partial charge in [-0.15, -0.1) is 0 Å². The highest BCUT2D eigenvalue weighted by molar-refractivity contribution is 6.05. The number of methoxy groups -OCH3 is 1. The minimum Gasteiger partial charge on any atom is -0.497 e. The van der Waals surface area contributed by atoms with Crippen molar-refractivity contribution in [2.24, 2.45) is 0 Å². The summed E-state index contributed by atoms with van der Waals surface area (Å²) >= 11 is 0. The quantitative estimate of drug-likeness (QED) is 0.526. The second kappa shape index (κ2) is 9.95. The molecule has 9 nitrogen and oxygen atoms in total. The fourth-order valence-corrected chi connectivity index (χ4v) is 3.38. The zero-order chi connectivity index (χ0) is 23.3. The molecule has 2 N–H and O–H groups in total. The normalized spacial score (nSPS) is 10.6. The van der Waals surface area contributed by atoms with E-state index in [1.807, 2.05) is 17.7 Å². The Morgan fingerprint density at radius 2 is 1.94 bits per heavy atom. The van der Waals surface area contributed by atoms with Crippen LogP contribution in [0.1, 0.15) is 45.4 Å². The molecule has 0 saturated heterocycles. The van der Waals surface area contributed by atoms with E-state index in [1.165, 1.54) is 12.3 Å². The summed E-state index contributed by atoms with van der Waals surface area (Å²) in [6.45, 7) is 5.24. The molecule has 1 aromatic carbocycles. The van der Waals surface area contributed by atoms with Crippen LogP contribution in [0.3, 0.4) is 0 Å². The predicted molar refractivity (Wildman–Crippen MR) is 122 cm³/mol. The first kappa shape index (κ1) is 22.8. The summed E-state index contributed by atoms with van der Waals surface area (Å²) in [4.78, 5) is 30.5. The minimum atomic E-state index is -1.13. The maximum atomic E-state index is 12.5. The van der Waals surface area contributed by atoms with E-state index in [0.29, 0.717) is 29.4 Å². The number of carboxylic acid groups (broad SMARTS) is 1. The molecule has 1 amide bonds. The lowest BCUT2D eigenvalue weighted by molar-refractivity contribution is 0.0696. The van der Waals surface area contributed by atoms with Crippen LogP contribution in [0.2, 0.25) is 0 Å². The van der Waals surface area contributed by atoms with E-state index in [4.69, 9.17) is 4.74 Å². The Labute approximate surface area is 186 Å². The summed E-state index contributed by atoms with van der Waals surface area (Å²) < 4.78 is 7.02. The van der Waals surface area contributed by atoms with Gasteiger partial charge in [-0.05, 0) is 49.7 Å². The minimum absolute atomic E-state index is 0.00157. The number of hydrogen-bond acceptors (Lipinski definition) is 6. The van der Waals surface area contributed by atoms with Gasteiger partial charge in [0.1, 0.15) is 17.1 Å².